The van der Waals surface area contributed by atoms with Crippen LogP contribution in [0, 0.1) is 5.82 Å². The third kappa shape index (κ3) is 2.57. The molecule has 0 aliphatic carbocycles. The summed E-state index contributed by atoms with van der Waals surface area (Å²) in [5.74, 6) is 0.0829. The monoisotopic (exact) mass is 341 g/mol. The summed E-state index contributed by atoms with van der Waals surface area (Å²) < 4.78 is 14.8. The van der Waals surface area contributed by atoms with E-state index in [2.05, 4.69) is 10.4 Å². The molecule has 0 saturated carbocycles. The van der Waals surface area contributed by atoms with Crippen molar-refractivity contribution in [2.24, 2.45) is 0 Å². The lowest BCUT2D eigenvalue weighted by Crippen LogP contribution is -2.24. The molecule has 1 amide bonds. The Morgan fingerprint density at radius 3 is 2.75 bits per heavy atom. The van der Waals surface area contributed by atoms with Gasteiger partial charge in [0.15, 0.2) is 0 Å². The van der Waals surface area contributed by atoms with Gasteiger partial charge in [-0.15, -0.1) is 0 Å². The predicted molar refractivity (Wildman–Crippen MR) is 90.1 cm³/mol. The minimum Gasteiger partial charge on any atom is -0.310 e. The van der Waals surface area contributed by atoms with Gasteiger partial charge in [0.25, 0.3) is 0 Å². The summed E-state index contributed by atoms with van der Waals surface area (Å²) in [5, 5.41) is 7.88. The van der Waals surface area contributed by atoms with E-state index in [0.29, 0.717) is 17.3 Å². The highest BCUT2D eigenvalue weighted by atomic mass is 35.5. The molecular formula is C18H13ClFN3O. The number of carbonyl (C=O) groups excluding carboxylic acids is 1. The molecule has 0 unspecified atom stereocenters. The van der Waals surface area contributed by atoms with Gasteiger partial charge < -0.3 is 5.32 Å². The van der Waals surface area contributed by atoms with Gasteiger partial charge in [0.1, 0.15) is 11.6 Å². The molecule has 6 heteroatoms. The zero-order chi connectivity index (χ0) is 16.7. The molecule has 120 valence electrons. The van der Waals surface area contributed by atoms with Crippen LogP contribution in [0.25, 0.3) is 5.69 Å². The highest BCUT2D eigenvalue weighted by Gasteiger charge is 2.30. The van der Waals surface area contributed by atoms with Gasteiger partial charge >= 0.3 is 0 Å². The molecule has 0 spiro atoms. The van der Waals surface area contributed by atoms with E-state index in [-0.39, 0.29) is 17.6 Å². The molecular weight excluding hydrogens is 329 g/mol. The van der Waals surface area contributed by atoms with Crippen molar-refractivity contribution in [3.63, 3.8) is 0 Å². The SMILES string of the molecule is O=C1C[C@H](c2ccc(F)cc2)c2cnn(-c3cccc(Cl)c3)c2N1. The maximum Gasteiger partial charge on any atom is 0.226 e. The van der Waals surface area contributed by atoms with Crippen LogP contribution in [0.1, 0.15) is 23.5 Å². The lowest BCUT2D eigenvalue weighted by atomic mass is 9.87. The summed E-state index contributed by atoms with van der Waals surface area (Å²) >= 11 is 6.05. The van der Waals surface area contributed by atoms with Crippen molar-refractivity contribution >= 4 is 23.3 Å². The molecule has 4 nitrogen and oxygen atoms in total. The van der Waals surface area contributed by atoms with E-state index >= 15 is 0 Å². The van der Waals surface area contributed by atoms with Crippen LogP contribution in [0.2, 0.25) is 5.02 Å². The molecule has 1 aliphatic rings. The molecule has 0 radical (unpaired) electrons. The Labute approximate surface area is 142 Å². The van der Waals surface area contributed by atoms with Gasteiger partial charge in [-0.3, -0.25) is 4.79 Å². The van der Waals surface area contributed by atoms with Crippen molar-refractivity contribution in [2.75, 3.05) is 5.32 Å². The molecule has 1 atom stereocenters. The van der Waals surface area contributed by atoms with Crippen molar-refractivity contribution in [3.8, 4) is 5.69 Å². The zero-order valence-corrected chi connectivity index (χ0v) is 13.3. The Hall–Kier alpha value is -2.66. The van der Waals surface area contributed by atoms with E-state index in [0.717, 1.165) is 16.8 Å². The van der Waals surface area contributed by atoms with Crippen LogP contribution in [-0.4, -0.2) is 15.7 Å². The van der Waals surface area contributed by atoms with Gasteiger partial charge in [0.05, 0.1) is 11.9 Å². The molecule has 1 aromatic heterocycles. The number of aromatic nitrogens is 2. The standard InChI is InChI=1S/C18H13ClFN3O/c19-12-2-1-3-14(8-12)23-18-16(10-21-23)15(9-17(24)22-18)11-4-6-13(20)7-5-11/h1-8,10,15H,9H2,(H,22,24)/t15-/m1/s1. The first kappa shape index (κ1) is 14.9. The van der Waals surface area contributed by atoms with Crippen LogP contribution in [0.15, 0.2) is 54.7 Å². The second-order valence-corrected chi connectivity index (χ2v) is 6.13. The topological polar surface area (TPSA) is 46.9 Å². The Balaban J connectivity index is 1.81. The fraction of sp³-hybridized carbons (Fsp3) is 0.111. The lowest BCUT2D eigenvalue weighted by molar-refractivity contribution is -0.116. The Bertz CT molecular complexity index is 920. The normalized spacial score (nSPS) is 16.6. The minimum atomic E-state index is -0.297. The number of amides is 1. The maximum atomic E-state index is 13.2. The van der Waals surface area contributed by atoms with E-state index in [4.69, 9.17) is 11.6 Å². The maximum absolute atomic E-state index is 13.2. The highest BCUT2D eigenvalue weighted by Crippen LogP contribution is 2.38. The molecule has 1 N–H and O–H groups in total. The predicted octanol–water partition coefficient (Wildman–Crippen LogP) is 4.14. The number of benzene rings is 2. The average molecular weight is 342 g/mol. The number of hydrogen-bond donors (Lipinski definition) is 1. The van der Waals surface area contributed by atoms with E-state index in [1.165, 1.54) is 12.1 Å². The Morgan fingerprint density at radius 2 is 2.00 bits per heavy atom. The number of fused-ring (bicyclic) bond motifs is 1. The van der Waals surface area contributed by atoms with Crippen LogP contribution in [0.3, 0.4) is 0 Å². The van der Waals surface area contributed by atoms with Crippen LogP contribution in [0.4, 0.5) is 10.2 Å². The number of anilines is 1. The first-order valence-electron chi connectivity index (χ1n) is 7.51. The number of rotatable bonds is 2. The first-order chi connectivity index (χ1) is 11.6. The van der Waals surface area contributed by atoms with Gasteiger partial charge in [0, 0.05) is 22.9 Å². The van der Waals surface area contributed by atoms with Crippen molar-refractivity contribution < 1.29 is 9.18 Å². The molecule has 0 fully saturated rings. The van der Waals surface area contributed by atoms with Crippen molar-refractivity contribution in [3.05, 3.63) is 76.7 Å². The van der Waals surface area contributed by atoms with Crippen LogP contribution in [0.5, 0.6) is 0 Å². The van der Waals surface area contributed by atoms with Gasteiger partial charge in [-0.05, 0) is 35.9 Å². The van der Waals surface area contributed by atoms with E-state index in [1.54, 1.807) is 35.1 Å². The van der Waals surface area contributed by atoms with Gasteiger partial charge in [-0.25, -0.2) is 9.07 Å². The quantitative estimate of drug-likeness (QED) is 0.761. The summed E-state index contributed by atoms with van der Waals surface area (Å²) in [7, 11) is 0. The zero-order valence-electron chi connectivity index (χ0n) is 12.5. The number of nitrogens with zero attached hydrogens (tertiary/aromatic N) is 2. The number of nitrogens with one attached hydrogen (secondary N) is 1. The number of halogens is 2. The molecule has 0 saturated heterocycles. The largest absolute Gasteiger partial charge is 0.310 e. The van der Waals surface area contributed by atoms with Gasteiger partial charge in [-0.2, -0.15) is 5.10 Å². The summed E-state index contributed by atoms with van der Waals surface area (Å²) in [6, 6.07) is 13.5. The third-order valence-electron chi connectivity index (χ3n) is 4.15. The fourth-order valence-electron chi connectivity index (χ4n) is 3.02. The molecule has 4 rings (SSSR count). The number of carbonyl (C=O) groups is 1. The smallest absolute Gasteiger partial charge is 0.226 e. The molecule has 1 aliphatic heterocycles. The molecule has 2 aromatic carbocycles. The van der Waals surface area contributed by atoms with Gasteiger partial charge in [0.2, 0.25) is 5.91 Å². The summed E-state index contributed by atoms with van der Waals surface area (Å²) in [4.78, 5) is 12.2. The molecule has 3 aromatic rings. The van der Waals surface area contributed by atoms with E-state index < -0.39 is 0 Å². The molecule has 0 bridgehead atoms. The lowest BCUT2D eigenvalue weighted by Gasteiger charge is -2.23. The summed E-state index contributed by atoms with van der Waals surface area (Å²) in [5.41, 5.74) is 2.56. The van der Waals surface area contributed by atoms with E-state index in [1.807, 2.05) is 12.1 Å². The second kappa shape index (κ2) is 5.76. The molecule has 2 heterocycles. The Morgan fingerprint density at radius 1 is 1.21 bits per heavy atom. The fourth-order valence-corrected chi connectivity index (χ4v) is 3.20. The highest BCUT2D eigenvalue weighted by molar-refractivity contribution is 6.30. The van der Waals surface area contributed by atoms with Crippen LogP contribution < -0.4 is 5.32 Å². The second-order valence-electron chi connectivity index (χ2n) is 5.70. The number of hydrogen-bond acceptors (Lipinski definition) is 2. The van der Waals surface area contributed by atoms with Crippen molar-refractivity contribution in [1.82, 2.24) is 9.78 Å². The summed E-state index contributed by atoms with van der Waals surface area (Å²) in [6.07, 6.45) is 2.05. The molecule has 24 heavy (non-hydrogen) atoms. The van der Waals surface area contributed by atoms with Gasteiger partial charge in [-0.1, -0.05) is 29.8 Å². The summed E-state index contributed by atoms with van der Waals surface area (Å²) in [6.45, 7) is 0. The third-order valence-corrected chi connectivity index (χ3v) is 4.38. The van der Waals surface area contributed by atoms with Crippen LogP contribution in [-0.2, 0) is 4.79 Å². The average Bonchev–Trinajstić information content (AvgIpc) is 2.98. The minimum absolute atomic E-state index is 0.0967. The van der Waals surface area contributed by atoms with Crippen molar-refractivity contribution in [1.29, 1.82) is 0 Å². The Kier molecular flexibility index (Phi) is 3.58. The first-order valence-corrected chi connectivity index (χ1v) is 7.89. The van der Waals surface area contributed by atoms with Crippen molar-refractivity contribution in [2.45, 2.75) is 12.3 Å². The van der Waals surface area contributed by atoms with Crippen LogP contribution >= 0.6 is 11.6 Å². The van der Waals surface area contributed by atoms with E-state index in [9.17, 15) is 9.18 Å².